The van der Waals surface area contributed by atoms with Gasteiger partial charge in [0.15, 0.2) is 6.61 Å². The van der Waals surface area contributed by atoms with Gasteiger partial charge in [-0.25, -0.2) is 4.79 Å². The third-order valence-corrected chi connectivity index (χ3v) is 5.04. The molecule has 0 saturated carbocycles. The summed E-state index contributed by atoms with van der Waals surface area (Å²) in [6.07, 6.45) is -4.10. The first kappa shape index (κ1) is 22.0. The molecular formula is C20H25F3N2O5. The van der Waals surface area contributed by atoms with Crippen LogP contribution in [0.25, 0.3) is 0 Å². The second-order valence-corrected chi connectivity index (χ2v) is 7.44. The number of likely N-dealkylation sites (tertiary alicyclic amines) is 1. The number of fused-ring (bicyclic) bond motifs is 1. The Balaban J connectivity index is 1.57. The molecule has 2 heterocycles. The van der Waals surface area contributed by atoms with Gasteiger partial charge in [0, 0.05) is 37.1 Å². The lowest BCUT2D eigenvalue weighted by molar-refractivity contribution is -0.162. The number of anilines is 1. The van der Waals surface area contributed by atoms with E-state index >= 15 is 0 Å². The van der Waals surface area contributed by atoms with Crippen molar-refractivity contribution in [1.29, 1.82) is 0 Å². The molecule has 3 rings (SSSR count). The fraction of sp³-hybridized carbons (Fsp3) is 0.600. The molecule has 30 heavy (non-hydrogen) atoms. The zero-order valence-electron chi connectivity index (χ0n) is 16.9. The number of benzene rings is 1. The van der Waals surface area contributed by atoms with Crippen molar-refractivity contribution in [3.63, 3.8) is 0 Å². The number of carbonyl (C=O) groups is 2. The average molecular weight is 430 g/mol. The van der Waals surface area contributed by atoms with E-state index in [1.165, 1.54) is 4.90 Å². The quantitative estimate of drug-likeness (QED) is 0.770. The van der Waals surface area contributed by atoms with Crippen molar-refractivity contribution in [2.45, 2.75) is 45.4 Å². The molecule has 0 unspecified atom stereocenters. The van der Waals surface area contributed by atoms with Gasteiger partial charge in [-0.15, -0.1) is 0 Å². The molecule has 1 saturated heterocycles. The van der Waals surface area contributed by atoms with E-state index in [0.29, 0.717) is 36.6 Å². The van der Waals surface area contributed by atoms with Gasteiger partial charge in [-0.3, -0.25) is 4.79 Å². The van der Waals surface area contributed by atoms with Crippen molar-refractivity contribution in [2.75, 3.05) is 31.6 Å². The number of ether oxygens (including phenoxy) is 3. The number of piperidine rings is 1. The monoisotopic (exact) mass is 430 g/mol. The summed E-state index contributed by atoms with van der Waals surface area (Å²) in [5.41, 5.74) is 1.54. The standard InChI is InChI=1S/C20H25F3N2O5/c1-3-28-17-9-14-8-12(2)30-16(14)10-15(17)24-18(26)13-4-6-25(7-5-13)19(27)29-11-20(21,22)23/h9-10,12-13H,3-8,11H2,1-2H3,(H,24,26)/t12-/m0/s1. The van der Waals surface area contributed by atoms with Crippen LogP contribution in [0.1, 0.15) is 32.3 Å². The minimum absolute atomic E-state index is 0.0573. The van der Waals surface area contributed by atoms with Gasteiger partial charge in [0.05, 0.1) is 12.3 Å². The Hall–Kier alpha value is -2.65. The van der Waals surface area contributed by atoms with Crippen LogP contribution < -0.4 is 14.8 Å². The molecule has 0 bridgehead atoms. The second-order valence-electron chi connectivity index (χ2n) is 7.44. The van der Waals surface area contributed by atoms with Gasteiger partial charge in [0.25, 0.3) is 0 Å². The number of halogens is 3. The van der Waals surface area contributed by atoms with E-state index in [9.17, 15) is 22.8 Å². The average Bonchev–Trinajstić information content (AvgIpc) is 3.05. The maximum atomic E-state index is 12.7. The summed E-state index contributed by atoms with van der Waals surface area (Å²) in [7, 11) is 0. The molecule has 10 heteroatoms. The first-order valence-corrected chi connectivity index (χ1v) is 9.92. The highest BCUT2D eigenvalue weighted by Gasteiger charge is 2.33. The van der Waals surface area contributed by atoms with E-state index < -0.39 is 18.9 Å². The Bertz CT molecular complexity index is 791. The summed E-state index contributed by atoms with van der Waals surface area (Å²) in [5, 5.41) is 2.87. The molecule has 166 valence electrons. The third kappa shape index (κ3) is 5.48. The van der Waals surface area contributed by atoms with Crippen LogP contribution in [-0.2, 0) is 16.0 Å². The summed E-state index contributed by atoms with van der Waals surface area (Å²) in [5.74, 6) is 0.670. The fourth-order valence-electron chi connectivity index (χ4n) is 3.61. The molecule has 0 radical (unpaired) electrons. The van der Waals surface area contributed by atoms with Crippen LogP contribution in [0, 0.1) is 5.92 Å². The van der Waals surface area contributed by atoms with Gasteiger partial charge in [0.1, 0.15) is 17.6 Å². The summed E-state index contributed by atoms with van der Waals surface area (Å²) < 4.78 is 52.2. The molecule has 2 aliphatic heterocycles. The number of nitrogens with one attached hydrogen (secondary N) is 1. The smallest absolute Gasteiger partial charge is 0.422 e. The molecule has 0 spiro atoms. The second kappa shape index (κ2) is 9.01. The maximum absolute atomic E-state index is 12.7. The summed E-state index contributed by atoms with van der Waals surface area (Å²) in [6.45, 7) is 2.94. The van der Waals surface area contributed by atoms with Crippen molar-refractivity contribution in [1.82, 2.24) is 4.90 Å². The number of alkyl halides is 3. The first-order chi connectivity index (χ1) is 14.2. The zero-order chi connectivity index (χ0) is 21.9. The number of nitrogens with zero attached hydrogens (tertiary/aromatic N) is 1. The van der Waals surface area contributed by atoms with Crippen molar-refractivity contribution in [3.8, 4) is 11.5 Å². The lowest BCUT2D eigenvalue weighted by Gasteiger charge is -2.30. The SMILES string of the molecule is CCOc1cc2c(cc1NC(=O)C1CCN(C(=O)OCC(F)(F)F)CC1)O[C@@H](C)C2. The highest BCUT2D eigenvalue weighted by molar-refractivity contribution is 5.94. The summed E-state index contributed by atoms with van der Waals surface area (Å²) >= 11 is 0. The van der Waals surface area contributed by atoms with Crippen molar-refractivity contribution in [2.24, 2.45) is 5.92 Å². The van der Waals surface area contributed by atoms with Crippen LogP contribution in [-0.4, -0.2) is 55.5 Å². The fourth-order valence-corrected chi connectivity index (χ4v) is 3.61. The minimum Gasteiger partial charge on any atom is -0.492 e. The van der Waals surface area contributed by atoms with Crippen LogP contribution in [0.15, 0.2) is 12.1 Å². The third-order valence-electron chi connectivity index (χ3n) is 5.04. The highest BCUT2D eigenvalue weighted by Crippen LogP contribution is 2.38. The number of hydrogen-bond acceptors (Lipinski definition) is 5. The topological polar surface area (TPSA) is 77.1 Å². The molecular weight excluding hydrogens is 405 g/mol. The molecule has 1 atom stereocenters. The largest absolute Gasteiger partial charge is 0.492 e. The van der Waals surface area contributed by atoms with Crippen molar-refractivity contribution >= 4 is 17.7 Å². The van der Waals surface area contributed by atoms with Gasteiger partial charge in [-0.2, -0.15) is 13.2 Å². The van der Waals surface area contributed by atoms with Crippen molar-refractivity contribution in [3.05, 3.63) is 17.7 Å². The maximum Gasteiger partial charge on any atom is 0.422 e. The summed E-state index contributed by atoms with van der Waals surface area (Å²) in [4.78, 5) is 25.7. The highest BCUT2D eigenvalue weighted by atomic mass is 19.4. The van der Waals surface area contributed by atoms with Gasteiger partial charge >= 0.3 is 12.3 Å². The molecule has 1 N–H and O–H groups in total. The first-order valence-electron chi connectivity index (χ1n) is 9.92. The van der Waals surface area contributed by atoms with E-state index in [4.69, 9.17) is 9.47 Å². The van der Waals surface area contributed by atoms with E-state index in [-0.39, 0.29) is 31.0 Å². The Morgan fingerprint density at radius 3 is 2.60 bits per heavy atom. The van der Waals surface area contributed by atoms with Crippen LogP contribution in [0.2, 0.25) is 0 Å². The van der Waals surface area contributed by atoms with Gasteiger partial charge < -0.3 is 24.4 Å². The Morgan fingerprint density at radius 2 is 1.97 bits per heavy atom. The van der Waals surface area contributed by atoms with Gasteiger partial charge in [-0.05, 0) is 32.8 Å². The Labute approximate surface area is 172 Å². The Morgan fingerprint density at radius 1 is 1.27 bits per heavy atom. The van der Waals surface area contributed by atoms with E-state index in [0.717, 1.165) is 12.0 Å². The lowest BCUT2D eigenvalue weighted by atomic mass is 9.96. The molecule has 0 aliphatic carbocycles. The van der Waals surface area contributed by atoms with E-state index in [2.05, 4.69) is 10.1 Å². The molecule has 1 aromatic rings. The van der Waals surface area contributed by atoms with Crippen LogP contribution in [0.4, 0.5) is 23.7 Å². The molecule has 2 amide bonds. The van der Waals surface area contributed by atoms with Crippen LogP contribution in [0.5, 0.6) is 11.5 Å². The number of carbonyl (C=O) groups excluding carboxylic acids is 2. The van der Waals surface area contributed by atoms with E-state index in [1.807, 2.05) is 19.9 Å². The van der Waals surface area contributed by atoms with Gasteiger partial charge in [0.2, 0.25) is 5.91 Å². The Kier molecular flexibility index (Phi) is 6.62. The van der Waals surface area contributed by atoms with Crippen molar-refractivity contribution < 1.29 is 37.0 Å². The predicted molar refractivity (Wildman–Crippen MR) is 102 cm³/mol. The normalized spacial score (nSPS) is 19.1. The number of hydrogen-bond donors (Lipinski definition) is 1. The molecule has 2 aliphatic rings. The molecule has 1 aromatic carbocycles. The van der Waals surface area contributed by atoms with Crippen LogP contribution >= 0.6 is 0 Å². The number of amides is 2. The number of rotatable bonds is 5. The van der Waals surface area contributed by atoms with Crippen LogP contribution in [0.3, 0.4) is 0 Å². The lowest BCUT2D eigenvalue weighted by Crippen LogP contribution is -2.42. The zero-order valence-corrected chi connectivity index (χ0v) is 16.9. The molecule has 0 aromatic heterocycles. The summed E-state index contributed by atoms with van der Waals surface area (Å²) in [6, 6.07) is 3.63. The van der Waals surface area contributed by atoms with Gasteiger partial charge in [-0.1, -0.05) is 0 Å². The molecule has 1 fully saturated rings. The molecule has 7 nitrogen and oxygen atoms in total. The van der Waals surface area contributed by atoms with E-state index in [1.54, 1.807) is 6.07 Å². The predicted octanol–water partition coefficient (Wildman–Crippen LogP) is 3.76. The minimum atomic E-state index is -4.57.